The van der Waals surface area contributed by atoms with Crippen LogP contribution < -0.4 is 5.73 Å². The zero-order chi connectivity index (χ0) is 13.2. The van der Waals surface area contributed by atoms with Crippen LogP contribution in [0.4, 0.5) is 0 Å². The fourth-order valence-corrected chi connectivity index (χ4v) is 2.46. The Morgan fingerprint density at radius 2 is 2.39 bits per heavy atom. The molecule has 0 aromatic carbocycles. The van der Waals surface area contributed by atoms with Gasteiger partial charge in [-0.25, -0.2) is 0 Å². The highest BCUT2D eigenvalue weighted by Crippen LogP contribution is 2.42. The van der Waals surface area contributed by atoms with E-state index < -0.39 is 5.41 Å². The summed E-state index contributed by atoms with van der Waals surface area (Å²) in [6, 6.07) is 1.93. The summed E-state index contributed by atoms with van der Waals surface area (Å²) >= 11 is 0. The Balaban J connectivity index is 2.18. The topological polar surface area (TPSA) is 70.1 Å². The number of nitrogens with two attached hydrogens (primary N) is 1. The first-order chi connectivity index (χ1) is 8.59. The van der Waals surface area contributed by atoms with Crippen molar-refractivity contribution in [2.45, 2.75) is 25.7 Å². The van der Waals surface area contributed by atoms with Gasteiger partial charge in [-0.05, 0) is 18.4 Å². The number of nitrogens with zero attached hydrogens (tertiary/aromatic N) is 2. The molecule has 0 aliphatic heterocycles. The number of rotatable bonds is 6. The van der Waals surface area contributed by atoms with Crippen LogP contribution >= 0.6 is 0 Å². The zero-order valence-electron chi connectivity index (χ0n) is 11.1. The van der Waals surface area contributed by atoms with Crippen molar-refractivity contribution in [2.24, 2.45) is 24.1 Å². The third-order valence-corrected chi connectivity index (χ3v) is 3.67. The molecule has 100 valence electrons. The van der Waals surface area contributed by atoms with Crippen LogP contribution in [0.15, 0.2) is 12.3 Å². The minimum Gasteiger partial charge on any atom is -0.469 e. The molecule has 1 saturated carbocycles. The molecule has 2 rings (SSSR count). The molecule has 5 nitrogen and oxygen atoms in total. The third-order valence-electron chi connectivity index (χ3n) is 3.67. The van der Waals surface area contributed by atoms with E-state index in [1.54, 1.807) is 4.68 Å². The van der Waals surface area contributed by atoms with Crippen LogP contribution in [0.1, 0.15) is 25.0 Å². The molecule has 1 aromatic heterocycles. The van der Waals surface area contributed by atoms with Crippen LogP contribution in [0, 0.1) is 11.3 Å². The number of esters is 1. The lowest BCUT2D eigenvalue weighted by Gasteiger charge is -2.29. The lowest BCUT2D eigenvalue weighted by Crippen LogP contribution is -2.42. The van der Waals surface area contributed by atoms with E-state index in [-0.39, 0.29) is 5.97 Å². The van der Waals surface area contributed by atoms with E-state index in [0.29, 0.717) is 18.9 Å². The molecule has 0 bridgehead atoms. The lowest BCUT2D eigenvalue weighted by molar-refractivity contribution is -0.153. The maximum absolute atomic E-state index is 12.1. The molecule has 1 aliphatic carbocycles. The molecule has 1 heterocycles. The Labute approximate surface area is 107 Å². The van der Waals surface area contributed by atoms with Crippen LogP contribution in [0.2, 0.25) is 0 Å². The van der Waals surface area contributed by atoms with Crippen molar-refractivity contribution >= 4 is 5.97 Å². The summed E-state index contributed by atoms with van der Waals surface area (Å²) in [6.45, 7) is 0.312. The predicted octanol–water partition coefficient (Wildman–Crippen LogP) is 0.881. The Hall–Kier alpha value is -1.36. The van der Waals surface area contributed by atoms with Crippen molar-refractivity contribution < 1.29 is 9.53 Å². The summed E-state index contributed by atoms with van der Waals surface area (Å²) in [6.07, 6.45) is 5.65. The summed E-state index contributed by atoms with van der Waals surface area (Å²) in [5.41, 5.74) is 6.17. The molecule has 18 heavy (non-hydrogen) atoms. The van der Waals surface area contributed by atoms with Crippen LogP contribution in [-0.2, 0) is 23.0 Å². The van der Waals surface area contributed by atoms with E-state index in [1.165, 1.54) is 20.0 Å². The Morgan fingerprint density at radius 3 is 2.83 bits per heavy atom. The molecule has 0 saturated heterocycles. The normalized spacial score (nSPS) is 18.4. The molecule has 5 heteroatoms. The number of aryl methyl sites for hydroxylation is 1. The van der Waals surface area contributed by atoms with E-state index in [9.17, 15) is 4.79 Å². The number of carbonyl (C=O) groups is 1. The van der Waals surface area contributed by atoms with Crippen LogP contribution in [0.3, 0.4) is 0 Å². The largest absolute Gasteiger partial charge is 0.469 e. The summed E-state index contributed by atoms with van der Waals surface area (Å²) in [4.78, 5) is 12.1. The average molecular weight is 251 g/mol. The minimum absolute atomic E-state index is 0.206. The molecule has 1 fully saturated rings. The molecule has 1 aliphatic rings. The van der Waals surface area contributed by atoms with Crippen LogP contribution in [-0.4, -0.2) is 29.4 Å². The van der Waals surface area contributed by atoms with Crippen molar-refractivity contribution in [3.63, 3.8) is 0 Å². The number of hydrogen-bond acceptors (Lipinski definition) is 4. The number of hydrogen-bond donors (Lipinski definition) is 1. The Kier molecular flexibility index (Phi) is 3.71. The SMILES string of the molecule is COC(=O)C(CN)(Cc1ccn(C)n1)CC1CC1. The zero-order valence-corrected chi connectivity index (χ0v) is 11.1. The first-order valence-electron chi connectivity index (χ1n) is 6.36. The second kappa shape index (κ2) is 5.10. The van der Waals surface area contributed by atoms with Gasteiger partial charge in [-0.3, -0.25) is 9.48 Å². The van der Waals surface area contributed by atoms with Crippen molar-refractivity contribution in [2.75, 3.05) is 13.7 Å². The smallest absolute Gasteiger partial charge is 0.313 e. The van der Waals surface area contributed by atoms with Gasteiger partial charge in [-0.15, -0.1) is 0 Å². The maximum atomic E-state index is 12.1. The van der Waals surface area contributed by atoms with E-state index >= 15 is 0 Å². The van der Waals surface area contributed by atoms with E-state index in [0.717, 1.165) is 12.1 Å². The second-order valence-corrected chi connectivity index (χ2v) is 5.28. The second-order valence-electron chi connectivity index (χ2n) is 5.28. The predicted molar refractivity (Wildman–Crippen MR) is 67.8 cm³/mol. The van der Waals surface area contributed by atoms with Crippen LogP contribution in [0.5, 0.6) is 0 Å². The fraction of sp³-hybridized carbons (Fsp3) is 0.692. The van der Waals surface area contributed by atoms with Crippen molar-refractivity contribution in [3.05, 3.63) is 18.0 Å². The number of methoxy groups -OCH3 is 1. The number of aromatic nitrogens is 2. The number of carbonyl (C=O) groups excluding carboxylic acids is 1. The highest BCUT2D eigenvalue weighted by molar-refractivity contribution is 5.77. The van der Waals surface area contributed by atoms with Crippen molar-refractivity contribution in [1.29, 1.82) is 0 Å². The molecule has 1 atom stereocenters. The van der Waals surface area contributed by atoms with Gasteiger partial charge < -0.3 is 10.5 Å². The first-order valence-corrected chi connectivity index (χ1v) is 6.36. The first kappa shape index (κ1) is 13.1. The molecular weight excluding hydrogens is 230 g/mol. The van der Waals surface area contributed by atoms with Gasteiger partial charge in [-0.2, -0.15) is 5.10 Å². The standard InChI is InChI=1S/C13H21N3O2/c1-16-6-5-11(15-16)8-13(9-14,12(17)18-2)7-10-3-4-10/h5-6,10H,3-4,7-9,14H2,1-2H3. The quantitative estimate of drug-likeness (QED) is 0.762. The van der Waals surface area contributed by atoms with Gasteiger partial charge in [0.1, 0.15) is 0 Å². The van der Waals surface area contributed by atoms with E-state index in [4.69, 9.17) is 10.5 Å². The molecule has 0 amide bonds. The highest BCUT2D eigenvalue weighted by Gasteiger charge is 2.43. The van der Waals surface area contributed by atoms with Gasteiger partial charge in [0.25, 0.3) is 0 Å². The molecule has 0 radical (unpaired) electrons. The summed E-state index contributed by atoms with van der Waals surface area (Å²) in [7, 11) is 3.30. The summed E-state index contributed by atoms with van der Waals surface area (Å²) in [5.74, 6) is 0.416. The molecular formula is C13H21N3O2. The summed E-state index contributed by atoms with van der Waals surface area (Å²) < 4.78 is 6.70. The highest BCUT2D eigenvalue weighted by atomic mass is 16.5. The van der Waals surface area contributed by atoms with Gasteiger partial charge in [0.05, 0.1) is 18.2 Å². The Bertz CT molecular complexity index is 426. The average Bonchev–Trinajstić information content (AvgIpc) is 3.09. The molecule has 1 aromatic rings. The van der Waals surface area contributed by atoms with Gasteiger partial charge in [0.2, 0.25) is 0 Å². The fourth-order valence-electron chi connectivity index (χ4n) is 2.46. The minimum atomic E-state index is -0.607. The third kappa shape index (κ3) is 2.72. The molecule has 2 N–H and O–H groups in total. The molecule has 0 spiro atoms. The van der Waals surface area contributed by atoms with E-state index in [2.05, 4.69) is 5.10 Å². The monoisotopic (exact) mass is 251 g/mol. The van der Waals surface area contributed by atoms with Gasteiger partial charge in [0.15, 0.2) is 0 Å². The van der Waals surface area contributed by atoms with Gasteiger partial charge >= 0.3 is 5.97 Å². The maximum Gasteiger partial charge on any atom is 0.313 e. The molecule has 1 unspecified atom stereocenters. The summed E-state index contributed by atoms with van der Waals surface area (Å²) in [5, 5.41) is 4.34. The van der Waals surface area contributed by atoms with Gasteiger partial charge in [0, 0.05) is 26.2 Å². The van der Waals surface area contributed by atoms with Crippen molar-refractivity contribution in [1.82, 2.24) is 9.78 Å². The van der Waals surface area contributed by atoms with E-state index in [1.807, 2.05) is 19.3 Å². The number of ether oxygens (including phenoxy) is 1. The lowest BCUT2D eigenvalue weighted by atomic mass is 9.78. The van der Waals surface area contributed by atoms with Crippen LogP contribution in [0.25, 0.3) is 0 Å². The Morgan fingerprint density at radius 1 is 1.67 bits per heavy atom. The van der Waals surface area contributed by atoms with Gasteiger partial charge in [-0.1, -0.05) is 12.8 Å². The van der Waals surface area contributed by atoms with Crippen molar-refractivity contribution in [3.8, 4) is 0 Å².